The molecule has 94 valence electrons. The van der Waals surface area contributed by atoms with Crippen LogP contribution in [0.1, 0.15) is 18.9 Å². The van der Waals surface area contributed by atoms with Crippen molar-refractivity contribution in [1.29, 1.82) is 0 Å². The van der Waals surface area contributed by atoms with Crippen LogP contribution in [-0.4, -0.2) is 23.1 Å². The molecular weight excluding hydrogens is 234 g/mol. The van der Waals surface area contributed by atoms with Crippen LogP contribution in [0.4, 0.5) is 5.69 Å². The van der Waals surface area contributed by atoms with Gasteiger partial charge in [0.25, 0.3) is 0 Å². The van der Waals surface area contributed by atoms with E-state index in [1.165, 1.54) is 6.08 Å². The van der Waals surface area contributed by atoms with Crippen LogP contribution in [0.2, 0.25) is 0 Å². The summed E-state index contributed by atoms with van der Waals surface area (Å²) in [5, 5.41) is 11.3. The Morgan fingerprint density at radius 3 is 3.06 bits per heavy atom. The molecular formula is C13H13NO4. The third-order valence-corrected chi connectivity index (χ3v) is 2.50. The van der Waals surface area contributed by atoms with Crippen LogP contribution >= 0.6 is 0 Å². The van der Waals surface area contributed by atoms with Crippen molar-refractivity contribution in [3.63, 3.8) is 0 Å². The zero-order chi connectivity index (χ0) is 13.1. The Balaban J connectivity index is 2.31. The molecule has 0 bridgehead atoms. The van der Waals surface area contributed by atoms with Gasteiger partial charge in [0.15, 0.2) is 0 Å². The number of anilines is 1. The van der Waals surface area contributed by atoms with E-state index < -0.39 is 5.97 Å². The van der Waals surface area contributed by atoms with Gasteiger partial charge in [0.05, 0.1) is 12.1 Å². The number of ether oxygens (including phenoxy) is 1. The van der Waals surface area contributed by atoms with Crippen LogP contribution in [0.15, 0.2) is 24.3 Å². The average Bonchev–Trinajstić information content (AvgIpc) is 2.42. The van der Waals surface area contributed by atoms with Crippen LogP contribution in [-0.2, 0) is 9.59 Å². The van der Waals surface area contributed by atoms with Crippen LogP contribution in [0.5, 0.6) is 5.75 Å². The number of benzene rings is 1. The zero-order valence-electron chi connectivity index (χ0n) is 9.84. The maximum Gasteiger partial charge on any atom is 0.328 e. The number of hydrogen-bond acceptors (Lipinski definition) is 3. The average molecular weight is 247 g/mol. The predicted molar refractivity (Wildman–Crippen MR) is 66.4 cm³/mol. The van der Waals surface area contributed by atoms with E-state index in [-0.39, 0.29) is 12.0 Å². The second-order valence-corrected chi connectivity index (χ2v) is 4.11. The molecule has 0 radical (unpaired) electrons. The minimum Gasteiger partial charge on any atom is -0.488 e. The van der Waals surface area contributed by atoms with Crippen molar-refractivity contribution in [2.24, 2.45) is 0 Å². The molecule has 0 aromatic heterocycles. The highest BCUT2D eigenvalue weighted by Gasteiger charge is 2.18. The molecule has 5 heteroatoms. The standard InChI is InChI=1S/C13H13NO4/c1-8-6-12(15)14-10-7-9(3-5-13(16)17)2-4-11(10)18-8/h2-5,7-8H,6H2,1H3,(H,14,15)(H,16,17)/b5-3+. The highest BCUT2D eigenvalue weighted by molar-refractivity contribution is 5.94. The van der Waals surface area contributed by atoms with Gasteiger partial charge in [-0.3, -0.25) is 4.79 Å². The van der Waals surface area contributed by atoms with Gasteiger partial charge in [0.2, 0.25) is 5.91 Å². The first-order chi connectivity index (χ1) is 8.54. The highest BCUT2D eigenvalue weighted by atomic mass is 16.5. The quantitative estimate of drug-likeness (QED) is 0.782. The largest absolute Gasteiger partial charge is 0.488 e. The molecule has 0 aliphatic carbocycles. The van der Waals surface area contributed by atoms with Crippen LogP contribution < -0.4 is 10.1 Å². The number of fused-ring (bicyclic) bond motifs is 1. The van der Waals surface area contributed by atoms with Gasteiger partial charge in [0.1, 0.15) is 11.9 Å². The summed E-state index contributed by atoms with van der Waals surface area (Å²) in [6.07, 6.45) is 2.63. The molecule has 5 nitrogen and oxygen atoms in total. The van der Waals surface area contributed by atoms with Gasteiger partial charge in [0, 0.05) is 6.08 Å². The summed E-state index contributed by atoms with van der Waals surface area (Å²) in [7, 11) is 0. The lowest BCUT2D eigenvalue weighted by Crippen LogP contribution is -2.17. The van der Waals surface area contributed by atoms with E-state index in [4.69, 9.17) is 9.84 Å². The minimum absolute atomic E-state index is 0.111. The van der Waals surface area contributed by atoms with Gasteiger partial charge in [-0.15, -0.1) is 0 Å². The zero-order valence-corrected chi connectivity index (χ0v) is 9.84. The lowest BCUT2D eigenvalue weighted by atomic mass is 10.1. The molecule has 1 heterocycles. The summed E-state index contributed by atoms with van der Waals surface area (Å²) in [6.45, 7) is 1.83. The third kappa shape index (κ3) is 2.88. The van der Waals surface area contributed by atoms with Crippen LogP contribution in [0.25, 0.3) is 6.08 Å². The van der Waals surface area contributed by atoms with Crippen molar-refractivity contribution in [3.05, 3.63) is 29.8 Å². The number of carboxylic acids is 1. The van der Waals surface area contributed by atoms with Crippen molar-refractivity contribution in [3.8, 4) is 5.75 Å². The summed E-state index contributed by atoms with van der Waals surface area (Å²) in [4.78, 5) is 22.0. The topological polar surface area (TPSA) is 75.6 Å². The van der Waals surface area contributed by atoms with Crippen molar-refractivity contribution in [2.45, 2.75) is 19.4 Å². The number of carbonyl (C=O) groups is 2. The molecule has 2 rings (SSSR count). The normalized spacial score (nSPS) is 18.7. The van der Waals surface area contributed by atoms with Gasteiger partial charge in [-0.05, 0) is 30.7 Å². The maximum absolute atomic E-state index is 11.5. The Kier molecular flexibility index (Phi) is 3.32. The van der Waals surface area contributed by atoms with Gasteiger partial charge in [-0.1, -0.05) is 6.07 Å². The molecule has 1 aliphatic rings. The van der Waals surface area contributed by atoms with E-state index in [1.807, 2.05) is 6.92 Å². The summed E-state index contributed by atoms with van der Waals surface area (Å²) in [5.74, 6) is -0.528. The van der Waals surface area contributed by atoms with Crippen molar-refractivity contribution < 1.29 is 19.4 Å². The minimum atomic E-state index is -1.01. The number of rotatable bonds is 2. The fourth-order valence-electron chi connectivity index (χ4n) is 1.74. The van der Waals surface area contributed by atoms with E-state index in [0.717, 1.165) is 6.08 Å². The number of aliphatic carboxylic acids is 1. The second kappa shape index (κ2) is 4.91. The number of carboxylic acid groups (broad SMARTS) is 1. The van der Waals surface area contributed by atoms with Crippen molar-refractivity contribution >= 4 is 23.6 Å². The molecule has 0 saturated heterocycles. The molecule has 1 unspecified atom stereocenters. The molecule has 1 aromatic rings. The molecule has 2 N–H and O–H groups in total. The van der Waals surface area contributed by atoms with E-state index in [1.54, 1.807) is 18.2 Å². The lowest BCUT2D eigenvalue weighted by molar-refractivity contribution is -0.131. The first-order valence-electron chi connectivity index (χ1n) is 5.56. The molecule has 1 aliphatic heterocycles. The number of hydrogen-bond donors (Lipinski definition) is 2. The molecule has 0 fully saturated rings. The van der Waals surface area contributed by atoms with Gasteiger partial charge < -0.3 is 15.2 Å². The van der Waals surface area contributed by atoms with Gasteiger partial charge in [-0.2, -0.15) is 0 Å². The smallest absolute Gasteiger partial charge is 0.328 e. The Morgan fingerprint density at radius 1 is 1.56 bits per heavy atom. The molecule has 1 atom stereocenters. The van der Waals surface area contributed by atoms with E-state index >= 15 is 0 Å². The predicted octanol–water partition coefficient (Wildman–Crippen LogP) is 1.89. The molecule has 0 spiro atoms. The number of nitrogens with one attached hydrogen (secondary N) is 1. The Morgan fingerprint density at radius 2 is 2.33 bits per heavy atom. The number of carbonyl (C=O) groups excluding carboxylic acids is 1. The van der Waals surface area contributed by atoms with Crippen LogP contribution in [0, 0.1) is 0 Å². The molecule has 1 amide bonds. The fourth-order valence-corrected chi connectivity index (χ4v) is 1.74. The SMILES string of the molecule is CC1CC(=O)Nc2cc(/C=C/C(=O)O)ccc2O1. The van der Waals surface area contributed by atoms with E-state index in [0.29, 0.717) is 23.4 Å². The lowest BCUT2D eigenvalue weighted by Gasteiger charge is -2.11. The van der Waals surface area contributed by atoms with E-state index in [9.17, 15) is 9.59 Å². The molecule has 0 saturated carbocycles. The highest BCUT2D eigenvalue weighted by Crippen LogP contribution is 2.30. The Bertz CT molecular complexity index is 522. The molecule has 1 aromatic carbocycles. The number of amides is 1. The van der Waals surface area contributed by atoms with Gasteiger partial charge in [-0.25, -0.2) is 4.79 Å². The maximum atomic E-state index is 11.5. The second-order valence-electron chi connectivity index (χ2n) is 4.11. The summed E-state index contributed by atoms with van der Waals surface area (Å²) in [6, 6.07) is 5.14. The summed E-state index contributed by atoms with van der Waals surface area (Å²) >= 11 is 0. The Hall–Kier alpha value is -2.30. The first-order valence-corrected chi connectivity index (χ1v) is 5.56. The third-order valence-electron chi connectivity index (χ3n) is 2.50. The fraction of sp³-hybridized carbons (Fsp3) is 0.231. The summed E-state index contributed by atoms with van der Waals surface area (Å²) < 4.78 is 5.58. The van der Waals surface area contributed by atoms with Gasteiger partial charge >= 0.3 is 5.97 Å². The van der Waals surface area contributed by atoms with Crippen molar-refractivity contribution in [1.82, 2.24) is 0 Å². The first kappa shape index (κ1) is 12.2. The van der Waals surface area contributed by atoms with E-state index in [2.05, 4.69) is 5.32 Å². The monoisotopic (exact) mass is 247 g/mol. The van der Waals surface area contributed by atoms with Crippen molar-refractivity contribution in [2.75, 3.05) is 5.32 Å². The molecule has 18 heavy (non-hydrogen) atoms. The Labute approximate surface area is 104 Å². The van der Waals surface area contributed by atoms with Crippen LogP contribution in [0.3, 0.4) is 0 Å². The summed E-state index contributed by atoms with van der Waals surface area (Å²) in [5.41, 5.74) is 1.26.